The average Bonchev–Trinajstić information content (AvgIpc) is 3.05. The first-order valence-electron chi connectivity index (χ1n) is 9.35. The van der Waals surface area contributed by atoms with E-state index in [0.29, 0.717) is 17.2 Å². The third kappa shape index (κ3) is 4.11. The van der Waals surface area contributed by atoms with Gasteiger partial charge in [0.25, 0.3) is 5.69 Å². The van der Waals surface area contributed by atoms with Gasteiger partial charge in [0.2, 0.25) is 5.91 Å². The number of hydrogen-bond acceptors (Lipinski definition) is 7. The molecule has 29 heavy (non-hydrogen) atoms. The zero-order valence-corrected chi connectivity index (χ0v) is 17.7. The molecular weight excluding hydrogens is 408 g/mol. The molecule has 7 nitrogen and oxygen atoms in total. The normalized spacial score (nSPS) is 15.9. The highest BCUT2D eigenvalue weighted by Gasteiger charge is 2.23. The van der Waals surface area contributed by atoms with Crippen LogP contribution < -0.4 is 5.32 Å². The van der Waals surface area contributed by atoms with E-state index in [-0.39, 0.29) is 17.3 Å². The van der Waals surface area contributed by atoms with Gasteiger partial charge in [0.1, 0.15) is 16.2 Å². The first-order valence-corrected chi connectivity index (χ1v) is 11.2. The lowest BCUT2D eigenvalue weighted by Crippen LogP contribution is -2.15. The van der Waals surface area contributed by atoms with Crippen LogP contribution in [0.4, 0.5) is 11.4 Å². The first-order chi connectivity index (χ1) is 13.9. The molecule has 0 saturated heterocycles. The summed E-state index contributed by atoms with van der Waals surface area (Å²) in [6.45, 7) is 4.02. The fraction of sp³-hybridized carbons (Fsp3) is 0.350. The van der Waals surface area contributed by atoms with E-state index < -0.39 is 4.92 Å². The zero-order chi connectivity index (χ0) is 20.5. The molecule has 150 valence electrons. The Morgan fingerprint density at radius 3 is 3.00 bits per heavy atom. The number of nitrogens with zero attached hydrogens (tertiary/aromatic N) is 3. The number of hydrogen-bond donors (Lipinski definition) is 1. The first kappa shape index (κ1) is 19.8. The van der Waals surface area contributed by atoms with Crippen LogP contribution in [0.5, 0.6) is 0 Å². The maximum atomic E-state index is 12.5. The van der Waals surface area contributed by atoms with Crippen molar-refractivity contribution in [3.05, 3.63) is 50.6 Å². The lowest BCUT2D eigenvalue weighted by molar-refractivity contribution is -0.384. The monoisotopic (exact) mass is 428 g/mol. The van der Waals surface area contributed by atoms with E-state index in [1.165, 1.54) is 34.3 Å². The van der Waals surface area contributed by atoms with Gasteiger partial charge in [-0.1, -0.05) is 18.7 Å². The van der Waals surface area contributed by atoms with E-state index in [1.54, 1.807) is 30.7 Å². The minimum absolute atomic E-state index is 0.00908. The average molecular weight is 429 g/mol. The van der Waals surface area contributed by atoms with Gasteiger partial charge in [-0.05, 0) is 49.3 Å². The number of thiophene rings is 1. The summed E-state index contributed by atoms with van der Waals surface area (Å²) in [5, 5.41) is 15.6. The van der Waals surface area contributed by atoms with Gasteiger partial charge in [-0.2, -0.15) is 0 Å². The highest BCUT2D eigenvalue weighted by atomic mass is 32.2. The van der Waals surface area contributed by atoms with Crippen molar-refractivity contribution >= 4 is 50.6 Å². The van der Waals surface area contributed by atoms with Crippen LogP contribution in [0.3, 0.4) is 0 Å². The SMILES string of the molecule is Cc1cc([N+](=O)[O-])ccc1NC(=O)CSc1ncnc2sc3c(c12)CC[C@H](C)C3. The number of carbonyl (C=O) groups is 1. The smallest absolute Gasteiger partial charge is 0.269 e. The summed E-state index contributed by atoms with van der Waals surface area (Å²) in [6.07, 6.45) is 4.85. The fourth-order valence-corrected chi connectivity index (χ4v) is 5.82. The number of nitro benzene ring substituents is 1. The molecular formula is C20H20N4O3S2. The van der Waals surface area contributed by atoms with Crippen molar-refractivity contribution in [3.8, 4) is 0 Å². The summed E-state index contributed by atoms with van der Waals surface area (Å²) < 4.78 is 0. The number of nitrogens with one attached hydrogen (secondary N) is 1. The molecule has 0 unspecified atom stereocenters. The second-order valence-electron chi connectivity index (χ2n) is 7.30. The van der Waals surface area contributed by atoms with E-state index in [1.807, 2.05) is 0 Å². The van der Waals surface area contributed by atoms with Crippen molar-refractivity contribution in [2.45, 2.75) is 38.1 Å². The van der Waals surface area contributed by atoms with Crippen LogP contribution in [-0.4, -0.2) is 26.6 Å². The van der Waals surface area contributed by atoms with Crippen molar-refractivity contribution in [2.24, 2.45) is 5.92 Å². The van der Waals surface area contributed by atoms with E-state index >= 15 is 0 Å². The molecule has 1 atom stereocenters. The highest BCUT2D eigenvalue weighted by molar-refractivity contribution is 8.00. The van der Waals surface area contributed by atoms with Gasteiger partial charge < -0.3 is 5.32 Å². The molecule has 0 aliphatic heterocycles. The van der Waals surface area contributed by atoms with E-state index in [9.17, 15) is 14.9 Å². The molecule has 0 saturated carbocycles. The second kappa shape index (κ2) is 8.08. The van der Waals surface area contributed by atoms with Crippen molar-refractivity contribution in [2.75, 3.05) is 11.1 Å². The zero-order valence-electron chi connectivity index (χ0n) is 16.1. The van der Waals surface area contributed by atoms with E-state index in [2.05, 4.69) is 22.2 Å². The number of non-ortho nitro benzene ring substituents is 1. The predicted octanol–water partition coefficient (Wildman–Crippen LogP) is 4.76. The van der Waals surface area contributed by atoms with Crippen LogP contribution in [0.2, 0.25) is 0 Å². The maximum Gasteiger partial charge on any atom is 0.269 e. The summed E-state index contributed by atoms with van der Waals surface area (Å²) >= 11 is 3.14. The maximum absolute atomic E-state index is 12.5. The van der Waals surface area contributed by atoms with Gasteiger partial charge in [0, 0.05) is 28.1 Å². The van der Waals surface area contributed by atoms with Crippen molar-refractivity contribution in [3.63, 3.8) is 0 Å². The fourth-order valence-electron chi connectivity index (χ4n) is 3.58. The Kier molecular flexibility index (Phi) is 5.51. The molecule has 9 heteroatoms. The van der Waals surface area contributed by atoms with E-state index in [4.69, 9.17) is 0 Å². The predicted molar refractivity (Wildman–Crippen MR) is 116 cm³/mol. The van der Waals surface area contributed by atoms with Gasteiger partial charge in [0.15, 0.2) is 0 Å². The molecule has 3 aromatic rings. The molecule has 1 amide bonds. The quantitative estimate of drug-likeness (QED) is 0.272. The third-order valence-corrected chi connectivity index (χ3v) is 7.24. The van der Waals surface area contributed by atoms with Crippen LogP contribution >= 0.6 is 23.1 Å². The Labute approximate surface area is 176 Å². The van der Waals surface area contributed by atoms with Crippen LogP contribution in [-0.2, 0) is 17.6 Å². The Bertz CT molecular complexity index is 1110. The Morgan fingerprint density at radius 2 is 2.24 bits per heavy atom. The lowest BCUT2D eigenvalue weighted by atomic mass is 9.89. The standard InChI is InChI=1S/C20H20N4O3S2/c1-11-3-5-14-16(7-11)29-20-18(14)19(21-10-22-20)28-9-17(25)23-15-6-4-13(24(26)27)8-12(15)2/h4,6,8,10-11H,3,5,7,9H2,1-2H3,(H,23,25)/t11-/m0/s1. The molecule has 0 spiro atoms. The minimum atomic E-state index is -0.447. The Morgan fingerprint density at radius 1 is 1.41 bits per heavy atom. The number of aromatic nitrogens is 2. The van der Waals surface area contributed by atoms with Crippen LogP contribution in [0.15, 0.2) is 29.6 Å². The number of aryl methyl sites for hydroxylation is 2. The molecule has 2 aromatic heterocycles. The Hall–Kier alpha value is -2.52. The van der Waals surface area contributed by atoms with Gasteiger partial charge in [0.05, 0.1) is 10.7 Å². The Balaban J connectivity index is 1.49. The van der Waals surface area contributed by atoms with E-state index in [0.717, 1.165) is 34.5 Å². The summed E-state index contributed by atoms with van der Waals surface area (Å²) in [6, 6.07) is 4.41. The minimum Gasteiger partial charge on any atom is -0.325 e. The van der Waals surface area contributed by atoms with Crippen molar-refractivity contribution in [1.82, 2.24) is 9.97 Å². The highest BCUT2D eigenvalue weighted by Crippen LogP contribution is 2.40. The molecule has 1 aliphatic rings. The lowest BCUT2D eigenvalue weighted by Gasteiger charge is -2.18. The van der Waals surface area contributed by atoms with Crippen LogP contribution in [0, 0.1) is 23.0 Å². The summed E-state index contributed by atoms with van der Waals surface area (Å²) in [4.78, 5) is 34.1. The molecule has 4 rings (SSSR count). The summed E-state index contributed by atoms with van der Waals surface area (Å²) in [5.74, 6) is 0.732. The van der Waals surface area contributed by atoms with Crippen molar-refractivity contribution < 1.29 is 9.72 Å². The topological polar surface area (TPSA) is 98.0 Å². The van der Waals surface area contributed by atoms with Crippen LogP contribution in [0.1, 0.15) is 29.3 Å². The number of benzene rings is 1. The summed E-state index contributed by atoms with van der Waals surface area (Å²) in [7, 11) is 0. The number of thioether (sulfide) groups is 1. The number of anilines is 1. The van der Waals surface area contributed by atoms with Crippen molar-refractivity contribution in [1.29, 1.82) is 0 Å². The third-order valence-electron chi connectivity index (χ3n) is 5.09. The summed E-state index contributed by atoms with van der Waals surface area (Å²) in [5.41, 5.74) is 2.59. The molecule has 0 fully saturated rings. The van der Waals surface area contributed by atoms with Gasteiger partial charge in [-0.3, -0.25) is 14.9 Å². The number of nitro groups is 1. The molecule has 1 aliphatic carbocycles. The van der Waals surface area contributed by atoms with Gasteiger partial charge in [-0.15, -0.1) is 11.3 Å². The number of fused-ring (bicyclic) bond motifs is 3. The number of carbonyl (C=O) groups excluding carboxylic acids is 1. The largest absolute Gasteiger partial charge is 0.325 e. The van der Waals surface area contributed by atoms with Gasteiger partial charge in [-0.25, -0.2) is 9.97 Å². The van der Waals surface area contributed by atoms with Gasteiger partial charge >= 0.3 is 0 Å². The molecule has 2 heterocycles. The molecule has 1 aromatic carbocycles. The molecule has 1 N–H and O–H groups in total. The molecule has 0 radical (unpaired) electrons. The number of amides is 1. The van der Waals surface area contributed by atoms with Crippen LogP contribution in [0.25, 0.3) is 10.2 Å². The number of rotatable bonds is 5. The molecule has 0 bridgehead atoms. The second-order valence-corrected chi connectivity index (χ2v) is 9.35.